The fourth-order valence-electron chi connectivity index (χ4n) is 1.67. The maximum absolute atomic E-state index is 13.6. The second-order valence-corrected chi connectivity index (χ2v) is 4.52. The zero-order valence-corrected chi connectivity index (χ0v) is 13.6. The number of benzene rings is 1. The Hall–Kier alpha value is -2.90. The van der Waals surface area contributed by atoms with E-state index in [-0.39, 0.29) is 24.5 Å². The molecule has 0 unspecified atom stereocenters. The van der Waals surface area contributed by atoms with Crippen molar-refractivity contribution in [1.82, 2.24) is 0 Å². The minimum absolute atomic E-state index is 0.0327. The molecule has 0 spiro atoms. The van der Waals surface area contributed by atoms with Crippen molar-refractivity contribution in [3.63, 3.8) is 0 Å². The second kappa shape index (κ2) is 9.29. The Morgan fingerprint density at radius 2 is 1.71 bits per heavy atom. The molecule has 2 N–H and O–H groups in total. The Morgan fingerprint density at radius 3 is 2.21 bits per heavy atom. The molecular formula is C16H19FN2O5. The number of carbonyl (C=O) groups excluding carboxylic acids is 3. The van der Waals surface area contributed by atoms with E-state index in [0.29, 0.717) is 5.69 Å². The van der Waals surface area contributed by atoms with Crippen molar-refractivity contribution >= 4 is 29.2 Å². The smallest absolute Gasteiger partial charge is 0.347 e. The van der Waals surface area contributed by atoms with Gasteiger partial charge >= 0.3 is 11.9 Å². The molecule has 0 heterocycles. The summed E-state index contributed by atoms with van der Waals surface area (Å²) in [4.78, 5) is 34.6. The van der Waals surface area contributed by atoms with Gasteiger partial charge in [0.2, 0.25) is 5.91 Å². The molecule has 0 bridgehead atoms. The van der Waals surface area contributed by atoms with Crippen molar-refractivity contribution < 1.29 is 28.2 Å². The lowest BCUT2D eigenvalue weighted by atomic mass is 10.2. The van der Waals surface area contributed by atoms with Gasteiger partial charge in [0.1, 0.15) is 5.82 Å². The zero-order chi connectivity index (χ0) is 18.1. The number of esters is 2. The Bertz CT molecular complexity index is 638. The fraction of sp³-hybridized carbons (Fsp3) is 0.312. The Kier molecular flexibility index (Phi) is 7.41. The maximum atomic E-state index is 13.6. The van der Waals surface area contributed by atoms with Crippen LogP contribution < -0.4 is 10.6 Å². The third-order valence-electron chi connectivity index (χ3n) is 2.65. The summed E-state index contributed by atoms with van der Waals surface area (Å²) in [7, 11) is 0. The van der Waals surface area contributed by atoms with E-state index in [1.54, 1.807) is 13.8 Å². The molecular weight excluding hydrogens is 319 g/mol. The third kappa shape index (κ3) is 5.71. The van der Waals surface area contributed by atoms with Gasteiger partial charge in [-0.15, -0.1) is 0 Å². The molecule has 0 saturated carbocycles. The van der Waals surface area contributed by atoms with Gasteiger partial charge in [0.25, 0.3) is 0 Å². The number of halogens is 1. The number of ether oxygens (including phenoxy) is 2. The van der Waals surface area contributed by atoms with E-state index in [1.165, 1.54) is 19.1 Å². The van der Waals surface area contributed by atoms with Crippen LogP contribution in [0.3, 0.4) is 0 Å². The van der Waals surface area contributed by atoms with Crippen LogP contribution in [0.4, 0.5) is 15.8 Å². The van der Waals surface area contributed by atoms with Crippen LogP contribution in [0.2, 0.25) is 0 Å². The van der Waals surface area contributed by atoms with E-state index < -0.39 is 23.7 Å². The summed E-state index contributed by atoms with van der Waals surface area (Å²) in [5, 5.41) is 5.01. The number of amides is 1. The van der Waals surface area contributed by atoms with Crippen LogP contribution in [0.15, 0.2) is 30.0 Å². The van der Waals surface area contributed by atoms with Gasteiger partial charge in [-0.3, -0.25) is 4.79 Å². The third-order valence-corrected chi connectivity index (χ3v) is 2.65. The lowest BCUT2D eigenvalue weighted by Gasteiger charge is -2.09. The standard InChI is InChI=1S/C16H19FN2O5/c1-4-23-15(21)12(16(22)24-5-2)9-18-11-6-7-13(17)14(8-11)19-10(3)20/h6-9,18H,4-5H2,1-3H3,(H,19,20). The lowest BCUT2D eigenvalue weighted by Crippen LogP contribution is -2.19. The first-order valence-electron chi connectivity index (χ1n) is 7.27. The highest BCUT2D eigenvalue weighted by Crippen LogP contribution is 2.20. The fourth-order valence-corrected chi connectivity index (χ4v) is 1.67. The van der Waals surface area contributed by atoms with Gasteiger partial charge < -0.3 is 20.1 Å². The molecule has 1 aromatic rings. The number of nitrogens with one attached hydrogen (secondary N) is 2. The summed E-state index contributed by atoms with van der Waals surface area (Å²) in [5.41, 5.74) is -0.00920. The molecule has 1 rings (SSSR count). The molecule has 0 fully saturated rings. The average molecular weight is 338 g/mol. The summed E-state index contributed by atoms with van der Waals surface area (Å²) < 4.78 is 23.2. The lowest BCUT2D eigenvalue weighted by molar-refractivity contribution is -0.146. The van der Waals surface area contributed by atoms with Crippen molar-refractivity contribution in [3.05, 3.63) is 35.8 Å². The summed E-state index contributed by atoms with van der Waals surface area (Å²) >= 11 is 0. The number of hydrogen-bond acceptors (Lipinski definition) is 6. The Morgan fingerprint density at radius 1 is 1.12 bits per heavy atom. The van der Waals surface area contributed by atoms with Gasteiger partial charge in [-0.05, 0) is 32.0 Å². The molecule has 7 nitrogen and oxygen atoms in total. The van der Waals surface area contributed by atoms with Crippen LogP contribution in [0, 0.1) is 5.82 Å². The molecule has 0 aromatic heterocycles. The maximum Gasteiger partial charge on any atom is 0.347 e. The SMILES string of the molecule is CCOC(=O)C(=CNc1ccc(F)c(NC(C)=O)c1)C(=O)OCC. The highest BCUT2D eigenvalue weighted by Gasteiger charge is 2.21. The average Bonchev–Trinajstić information content (AvgIpc) is 2.50. The van der Waals surface area contributed by atoms with Crippen LogP contribution in [0.5, 0.6) is 0 Å². The van der Waals surface area contributed by atoms with Crippen molar-refractivity contribution in [3.8, 4) is 0 Å². The van der Waals surface area contributed by atoms with E-state index in [9.17, 15) is 18.8 Å². The van der Waals surface area contributed by atoms with Crippen molar-refractivity contribution in [2.45, 2.75) is 20.8 Å². The largest absolute Gasteiger partial charge is 0.462 e. The highest BCUT2D eigenvalue weighted by atomic mass is 19.1. The van der Waals surface area contributed by atoms with E-state index in [2.05, 4.69) is 10.6 Å². The molecule has 24 heavy (non-hydrogen) atoms. The Balaban J connectivity index is 3.02. The molecule has 0 atom stereocenters. The molecule has 0 radical (unpaired) electrons. The van der Waals surface area contributed by atoms with Crippen molar-refractivity contribution in [2.24, 2.45) is 0 Å². The first-order chi connectivity index (χ1) is 11.4. The van der Waals surface area contributed by atoms with E-state index in [0.717, 1.165) is 12.3 Å². The van der Waals surface area contributed by atoms with E-state index in [1.807, 2.05) is 0 Å². The molecule has 1 amide bonds. The van der Waals surface area contributed by atoms with Crippen LogP contribution in [0.25, 0.3) is 0 Å². The zero-order valence-electron chi connectivity index (χ0n) is 13.6. The number of anilines is 2. The second-order valence-electron chi connectivity index (χ2n) is 4.52. The van der Waals surface area contributed by atoms with Gasteiger partial charge in [-0.1, -0.05) is 0 Å². The monoisotopic (exact) mass is 338 g/mol. The number of rotatable bonds is 7. The minimum atomic E-state index is -0.840. The van der Waals surface area contributed by atoms with Gasteiger partial charge in [-0.2, -0.15) is 0 Å². The normalized spacial score (nSPS) is 9.67. The predicted octanol–water partition coefficient (Wildman–Crippen LogP) is 2.21. The van der Waals surface area contributed by atoms with Gasteiger partial charge in [0, 0.05) is 18.8 Å². The Labute approximate surface area is 138 Å². The first-order valence-corrected chi connectivity index (χ1v) is 7.27. The number of carbonyl (C=O) groups is 3. The first kappa shape index (κ1) is 19.1. The van der Waals surface area contributed by atoms with Gasteiger partial charge in [0.05, 0.1) is 18.9 Å². The minimum Gasteiger partial charge on any atom is -0.462 e. The van der Waals surface area contributed by atoms with Crippen LogP contribution in [0.1, 0.15) is 20.8 Å². The molecule has 0 saturated heterocycles. The van der Waals surface area contributed by atoms with Gasteiger partial charge in [-0.25, -0.2) is 14.0 Å². The highest BCUT2D eigenvalue weighted by molar-refractivity contribution is 6.14. The molecule has 0 aliphatic rings. The molecule has 130 valence electrons. The molecule has 1 aromatic carbocycles. The topological polar surface area (TPSA) is 93.7 Å². The van der Waals surface area contributed by atoms with Crippen LogP contribution >= 0.6 is 0 Å². The molecule has 0 aliphatic heterocycles. The van der Waals surface area contributed by atoms with Crippen molar-refractivity contribution in [1.29, 1.82) is 0 Å². The summed E-state index contributed by atoms with van der Waals surface area (Å²) in [6, 6.07) is 3.84. The predicted molar refractivity (Wildman–Crippen MR) is 85.7 cm³/mol. The van der Waals surface area contributed by atoms with Crippen LogP contribution in [-0.2, 0) is 23.9 Å². The van der Waals surface area contributed by atoms with Crippen LogP contribution in [-0.4, -0.2) is 31.1 Å². The molecule has 8 heteroatoms. The van der Waals surface area contributed by atoms with E-state index >= 15 is 0 Å². The molecule has 0 aliphatic carbocycles. The summed E-state index contributed by atoms with van der Waals surface area (Å²) in [5.74, 6) is -2.73. The quantitative estimate of drug-likeness (QED) is 0.343. The van der Waals surface area contributed by atoms with Gasteiger partial charge in [0.15, 0.2) is 5.57 Å². The summed E-state index contributed by atoms with van der Waals surface area (Å²) in [6.07, 6.45) is 1.11. The van der Waals surface area contributed by atoms with E-state index in [4.69, 9.17) is 9.47 Å². The number of hydrogen-bond donors (Lipinski definition) is 2. The summed E-state index contributed by atoms with van der Waals surface area (Å²) in [6.45, 7) is 4.65. The van der Waals surface area contributed by atoms with Crippen molar-refractivity contribution in [2.75, 3.05) is 23.8 Å².